The van der Waals surface area contributed by atoms with Gasteiger partial charge >= 0.3 is 5.97 Å². The molecule has 6 nitrogen and oxygen atoms in total. The van der Waals surface area contributed by atoms with E-state index >= 15 is 0 Å². The number of hydrogen-bond acceptors (Lipinski definition) is 5. The molecular formula is C26H34FN3O3. The lowest BCUT2D eigenvalue weighted by atomic mass is 9.94. The predicted octanol–water partition coefficient (Wildman–Crippen LogP) is 3.85. The van der Waals surface area contributed by atoms with Crippen LogP contribution in [0.25, 0.3) is 0 Å². The number of nitrogens with one attached hydrogen (secondary N) is 1. The molecule has 0 radical (unpaired) electrons. The first-order valence-corrected chi connectivity index (χ1v) is 11.9. The Morgan fingerprint density at radius 3 is 2.67 bits per heavy atom. The van der Waals surface area contributed by atoms with Gasteiger partial charge in [0.15, 0.2) is 0 Å². The second-order valence-electron chi connectivity index (χ2n) is 8.96. The van der Waals surface area contributed by atoms with Crippen LogP contribution in [0.4, 0.5) is 15.8 Å². The Labute approximate surface area is 195 Å². The molecule has 2 aliphatic rings. The largest absolute Gasteiger partial charge is 0.481 e. The SMILES string of the molecule is Cc1c(CNc2ccc(CCC(=O)O)c(F)c2)ccc2c1N(CCN1CCOCC1)CCC2. The molecule has 0 bridgehead atoms. The first-order chi connectivity index (χ1) is 16.0. The number of ether oxygens (including phenoxy) is 1. The summed E-state index contributed by atoms with van der Waals surface area (Å²) in [5, 5.41) is 12.2. The fourth-order valence-corrected chi connectivity index (χ4v) is 4.81. The van der Waals surface area contributed by atoms with Gasteiger partial charge in [-0.1, -0.05) is 18.2 Å². The summed E-state index contributed by atoms with van der Waals surface area (Å²) in [6, 6.07) is 9.38. The van der Waals surface area contributed by atoms with Crippen LogP contribution in [-0.2, 0) is 28.9 Å². The highest BCUT2D eigenvalue weighted by molar-refractivity contribution is 5.67. The van der Waals surface area contributed by atoms with Crippen LogP contribution >= 0.6 is 0 Å². The maximum Gasteiger partial charge on any atom is 0.303 e. The Kier molecular flexibility index (Phi) is 7.83. The molecule has 0 spiro atoms. The quantitative estimate of drug-likeness (QED) is 0.599. The van der Waals surface area contributed by atoms with Crippen LogP contribution in [0.2, 0.25) is 0 Å². The van der Waals surface area contributed by atoms with Gasteiger partial charge in [-0.3, -0.25) is 9.69 Å². The molecule has 2 aromatic rings. The molecule has 2 heterocycles. The highest BCUT2D eigenvalue weighted by Gasteiger charge is 2.21. The first-order valence-electron chi connectivity index (χ1n) is 11.9. The van der Waals surface area contributed by atoms with Gasteiger partial charge in [0.25, 0.3) is 0 Å². The van der Waals surface area contributed by atoms with Crippen LogP contribution in [-0.4, -0.2) is 61.9 Å². The summed E-state index contributed by atoms with van der Waals surface area (Å²) in [6.07, 6.45) is 2.42. The summed E-state index contributed by atoms with van der Waals surface area (Å²) in [5.41, 5.74) is 6.42. The maximum absolute atomic E-state index is 14.4. The third-order valence-electron chi connectivity index (χ3n) is 6.75. The Hall–Kier alpha value is -2.64. The van der Waals surface area contributed by atoms with Gasteiger partial charge in [0.1, 0.15) is 5.82 Å². The van der Waals surface area contributed by atoms with Crippen LogP contribution < -0.4 is 10.2 Å². The number of hydrogen-bond donors (Lipinski definition) is 2. The highest BCUT2D eigenvalue weighted by Crippen LogP contribution is 2.33. The van der Waals surface area contributed by atoms with E-state index in [1.165, 1.54) is 34.9 Å². The lowest BCUT2D eigenvalue weighted by molar-refractivity contribution is -0.136. The molecule has 0 aliphatic carbocycles. The molecule has 1 saturated heterocycles. The number of carboxylic acid groups (broad SMARTS) is 1. The molecule has 0 amide bonds. The molecule has 0 atom stereocenters. The first kappa shape index (κ1) is 23.5. The summed E-state index contributed by atoms with van der Waals surface area (Å²) in [5.74, 6) is -1.28. The van der Waals surface area contributed by atoms with Crippen LogP contribution in [0.3, 0.4) is 0 Å². The van der Waals surface area contributed by atoms with Gasteiger partial charge in [-0.15, -0.1) is 0 Å². The van der Waals surface area contributed by atoms with Gasteiger partial charge in [0.2, 0.25) is 0 Å². The summed E-state index contributed by atoms with van der Waals surface area (Å²) >= 11 is 0. The number of fused-ring (bicyclic) bond motifs is 1. The Morgan fingerprint density at radius 1 is 1.12 bits per heavy atom. The molecule has 2 N–H and O–H groups in total. The average molecular weight is 456 g/mol. The molecule has 0 aromatic heterocycles. The number of benzene rings is 2. The topological polar surface area (TPSA) is 65.0 Å². The van der Waals surface area contributed by atoms with Gasteiger partial charge in [0.05, 0.1) is 13.2 Å². The van der Waals surface area contributed by atoms with Gasteiger partial charge in [-0.25, -0.2) is 4.39 Å². The lowest BCUT2D eigenvalue weighted by Crippen LogP contribution is -2.42. The summed E-state index contributed by atoms with van der Waals surface area (Å²) < 4.78 is 19.8. The molecule has 2 aromatic carbocycles. The number of carbonyl (C=O) groups is 1. The fraction of sp³-hybridized carbons (Fsp3) is 0.500. The lowest BCUT2D eigenvalue weighted by Gasteiger charge is -2.36. The Morgan fingerprint density at radius 2 is 1.91 bits per heavy atom. The van der Waals surface area contributed by atoms with Crippen LogP contribution in [0.15, 0.2) is 30.3 Å². The summed E-state index contributed by atoms with van der Waals surface area (Å²) in [6.45, 7) is 9.64. The molecule has 33 heavy (non-hydrogen) atoms. The molecule has 7 heteroatoms. The number of halogens is 1. The van der Waals surface area contributed by atoms with E-state index in [-0.39, 0.29) is 18.7 Å². The van der Waals surface area contributed by atoms with E-state index in [0.29, 0.717) is 17.8 Å². The molecule has 0 saturated carbocycles. The van der Waals surface area contributed by atoms with E-state index in [0.717, 1.165) is 52.4 Å². The average Bonchev–Trinajstić information content (AvgIpc) is 2.82. The monoisotopic (exact) mass is 455 g/mol. The van der Waals surface area contributed by atoms with Gasteiger partial charge in [-0.05, 0) is 60.6 Å². The van der Waals surface area contributed by atoms with Crippen molar-refractivity contribution in [2.24, 2.45) is 0 Å². The minimum absolute atomic E-state index is 0.0694. The number of rotatable bonds is 9. The van der Waals surface area contributed by atoms with E-state index in [2.05, 4.69) is 34.2 Å². The van der Waals surface area contributed by atoms with Crippen molar-refractivity contribution in [2.75, 3.05) is 56.2 Å². The van der Waals surface area contributed by atoms with Crippen LogP contribution in [0, 0.1) is 12.7 Å². The normalized spacial score (nSPS) is 16.5. The van der Waals surface area contributed by atoms with E-state index in [9.17, 15) is 9.18 Å². The van der Waals surface area contributed by atoms with Crippen molar-refractivity contribution < 1.29 is 19.0 Å². The van der Waals surface area contributed by atoms with Crippen molar-refractivity contribution in [3.05, 3.63) is 58.4 Å². The van der Waals surface area contributed by atoms with E-state index in [4.69, 9.17) is 9.84 Å². The van der Waals surface area contributed by atoms with Gasteiger partial charge in [0, 0.05) is 57.1 Å². The number of aliphatic carboxylic acids is 1. The molecule has 2 aliphatic heterocycles. The van der Waals surface area contributed by atoms with E-state index in [1.807, 2.05) is 6.07 Å². The van der Waals surface area contributed by atoms with Crippen molar-refractivity contribution >= 4 is 17.3 Å². The summed E-state index contributed by atoms with van der Waals surface area (Å²) in [7, 11) is 0. The summed E-state index contributed by atoms with van der Waals surface area (Å²) in [4.78, 5) is 15.8. The molecule has 0 unspecified atom stereocenters. The minimum atomic E-state index is -0.918. The van der Waals surface area contributed by atoms with Crippen LogP contribution in [0.1, 0.15) is 35.1 Å². The fourth-order valence-electron chi connectivity index (χ4n) is 4.81. The molecule has 4 rings (SSSR count). The minimum Gasteiger partial charge on any atom is -0.481 e. The second-order valence-corrected chi connectivity index (χ2v) is 8.96. The Bertz CT molecular complexity index is 975. The highest BCUT2D eigenvalue weighted by atomic mass is 19.1. The number of morpholine rings is 1. The van der Waals surface area contributed by atoms with Crippen molar-refractivity contribution in [1.82, 2.24) is 4.90 Å². The van der Waals surface area contributed by atoms with E-state index in [1.54, 1.807) is 6.07 Å². The second kappa shape index (κ2) is 11.0. The third kappa shape index (κ3) is 6.03. The number of nitrogens with zero attached hydrogens (tertiary/aromatic N) is 2. The number of anilines is 2. The zero-order valence-electron chi connectivity index (χ0n) is 19.4. The zero-order valence-corrected chi connectivity index (χ0v) is 19.4. The van der Waals surface area contributed by atoms with Gasteiger partial charge < -0.3 is 20.1 Å². The molecule has 1 fully saturated rings. The van der Waals surface area contributed by atoms with Crippen molar-refractivity contribution in [1.29, 1.82) is 0 Å². The molecular weight excluding hydrogens is 421 g/mol. The Balaban J connectivity index is 1.42. The number of aryl methyl sites for hydroxylation is 2. The van der Waals surface area contributed by atoms with Crippen molar-refractivity contribution in [2.45, 2.75) is 39.2 Å². The maximum atomic E-state index is 14.4. The number of carboxylic acids is 1. The van der Waals surface area contributed by atoms with Crippen molar-refractivity contribution in [3.8, 4) is 0 Å². The third-order valence-corrected chi connectivity index (χ3v) is 6.75. The van der Waals surface area contributed by atoms with E-state index < -0.39 is 5.97 Å². The smallest absolute Gasteiger partial charge is 0.303 e. The predicted molar refractivity (Wildman–Crippen MR) is 129 cm³/mol. The zero-order chi connectivity index (χ0) is 23.2. The van der Waals surface area contributed by atoms with Crippen LogP contribution in [0.5, 0.6) is 0 Å². The standard InChI is InChI=1S/C26H34FN3O3/c1-19-22(18-28-23-8-6-20(24(27)17-23)7-9-25(31)32)5-4-21-3-2-10-30(26(19)21)12-11-29-13-15-33-16-14-29/h4-6,8,17,28H,2-3,7,9-16,18H2,1H3,(H,31,32). The van der Waals surface area contributed by atoms with Gasteiger partial charge in [-0.2, -0.15) is 0 Å². The van der Waals surface area contributed by atoms with Crippen molar-refractivity contribution in [3.63, 3.8) is 0 Å². The molecule has 178 valence electrons.